The van der Waals surface area contributed by atoms with Crippen molar-refractivity contribution in [3.8, 4) is 5.75 Å². The highest BCUT2D eigenvalue weighted by Crippen LogP contribution is 2.26. The van der Waals surface area contributed by atoms with Crippen LogP contribution in [0.2, 0.25) is 0 Å². The minimum Gasteiger partial charge on any atom is -0.481 e. The molecule has 0 spiro atoms. The number of methoxy groups -OCH3 is 1. The third-order valence-electron chi connectivity index (χ3n) is 3.26. The summed E-state index contributed by atoms with van der Waals surface area (Å²) in [4.78, 5) is 12.0. The van der Waals surface area contributed by atoms with E-state index in [9.17, 15) is 4.79 Å². The summed E-state index contributed by atoms with van der Waals surface area (Å²) in [7, 11) is 1.64. The lowest BCUT2D eigenvalue weighted by Gasteiger charge is -2.19. The van der Waals surface area contributed by atoms with Crippen molar-refractivity contribution >= 4 is 5.91 Å². The van der Waals surface area contributed by atoms with E-state index >= 15 is 0 Å². The molecule has 3 N–H and O–H groups in total. The minimum absolute atomic E-state index is 0.0850. The van der Waals surface area contributed by atoms with Crippen LogP contribution in [0.3, 0.4) is 0 Å². The Bertz CT molecular complexity index is 437. The summed E-state index contributed by atoms with van der Waals surface area (Å²) in [6.45, 7) is 4.97. The van der Waals surface area contributed by atoms with E-state index in [1.165, 1.54) is 0 Å². The van der Waals surface area contributed by atoms with Gasteiger partial charge < -0.3 is 20.5 Å². The van der Waals surface area contributed by atoms with Gasteiger partial charge in [0.2, 0.25) is 0 Å². The number of rotatable bonds is 9. The molecule has 0 fully saturated rings. The van der Waals surface area contributed by atoms with E-state index in [1.807, 2.05) is 31.2 Å². The molecule has 5 heteroatoms. The van der Waals surface area contributed by atoms with Crippen LogP contribution < -0.4 is 15.8 Å². The van der Waals surface area contributed by atoms with Gasteiger partial charge in [-0.15, -0.1) is 0 Å². The smallest absolute Gasteiger partial charge is 0.260 e. The van der Waals surface area contributed by atoms with E-state index in [2.05, 4.69) is 5.32 Å². The highest BCUT2D eigenvalue weighted by molar-refractivity contribution is 5.80. The third kappa shape index (κ3) is 5.73. The van der Waals surface area contributed by atoms with Crippen LogP contribution in [0.1, 0.15) is 38.3 Å². The second kappa shape index (κ2) is 9.37. The van der Waals surface area contributed by atoms with Gasteiger partial charge in [0.25, 0.3) is 5.91 Å². The standard InChI is InChI=1S/C16H26N2O3/c1-4-14(17)13-8-5-6-9-15(13)21-12(2)16(19)18-10-7-11-20-3/h5-6,8-9,12,14H,4,7,10-11,17H2,1-3H3,(H,18,19)/t12?,14-/m0/s1. The summed E-state index contributed by atoms with van der Waals surface area (Å²) in [5.41, 5.74) is 7.00. The van der Waals surface area contributed by atoms with Crippen molar-refractivity contribution < 1.29 is 14.3 Å². The van der Waals surface area contributed by atoms with Crippen molar-refractivity contribution in [3.05, 3.63) is 29.8 Å². The molecule has 0 heterocycles. The molecule has 0 saturated heterocycles. The Hall–Kier alpha value is -1.59. The maximum atomic E-state index is 12.0. The molecule has 1 aromatic carbocycles. The van der Waals surface area contributed by atoms with Gasteiger partial charge in [-0.1, -0.05) is 25.1 Å². The number of hydrogen-bond acceptors (Lipinski definition) is 4. The van der Waals surface area contributed by atoms with E-state index in [4.69, 9.17) is 15.2 Å². The molecule has 5 nitrogen and oxygen atoms in total. The summed E-state index contributed by atoms with van der Waals surface area (Å²) in [5.74, 6) is 0.539. The molecule has 1 aromatic rings. The van der Waals surface area contributed by atoms with E-state index in [0.717, 1.165) is 18.4 Å². The summed E-state index contributed by atoms with van der Waals surface area (Å²) >= 11 is 0. The lowest BCUT2D eigenvalue weighted by atomic mass is 10.0. The molecule has 21 heavy (non-hydrogen) atoms. The predicted molar refractivity (Wildman–Crippen MR) is 83.3 cm³/mol. The lowest BCUT2D eigenvalue weighted by Crippen LogP contribution is -2.37. The summed E-state index contributed by atoms with van der Waals surface area (Å²) in [6, 6.07) is 7.50. The fourth-order valence-corrected chi connectivity index (χ4v) is 1.93. The van der Waals surface area contributed by atoms with Gasteiger partial charge in [0, 0.05) is 31.9 Å². The van der Waals surface area contributed by atoms with Crippen molar-refractivity contribution in [1.82, 2.24) is 5.32 Å². The molecular formula is C16H26N2O3. The zero-order valence-corrected chi connectivity index (χ0v) is 13.1. The van der Waals surface area contributed by atoms with Gasteiger partial charge >= 0.3 is 0 Å². The van der Waals surface area contributed by atoms with E-state index in [1.54, 1.807) is 14.0 Å². The number of nitrogens with one attached hydrogen (secondary N) is 1. The fraction of sp³-hybridized carbons (Fsp3) is 0.562. The van der Waals surface area contributed by atoms with Gasteiger partial charge in [-0.3, -0.25) is 4.79 Å². The average Bonchev–Trinajstić information content (AvgIpc) is 2.51. The molecule has 0 aliphatic carbocycles. The Labute approximate surface area is 126 Å². The molecule has 1 amide bonds. The topological polar surface area (TPSA) is 73.6 Å². The van der Waals surface area contributed by atoms with Crippen LogP contribution in [-0.4, -0.2) is 32.3 Å². The molecule has 1 rings (SSSR count). The quantitative estimate of drug-likeness (QED) is 0.683. The number of benzene rings is 1. The average molecular weight is 294 g/mol. The maximum Gasteiger partial charge on any atom is 0.260 e. The predicted octanol–water partition coefficient (Wildman–Crippen LogP) is 2.02. The van der Waals surface area contributed by atoms with Crippen LogP contribution in [0.4, 0.5) is 0 Å². The number of nitrogens with two attached hydrogens (primary N) is 1. The number of carbonyl (C=O) groups is 1. The van der Waals surface area contributed by atoms with Gasteiger partial charge in [-0.05, 0) is 25.8 Å². The molecule has 0 bridgehead atoms. The highest BCUT2D eigenvalue weighted by Gasteiger charge is 2.17. The first-order valence-corrected chi connectivity index (χ1v) is 7.38. The first kappa shape index (κ1) is 17.5. The number of hydrogen-bond donors (Lipinski definition) is 2. The van der Waals surface area contributed by atoms with Crippen LogP contribution in [0.15, 0.2) is 24.3 Å². The summed E-state index contributed by atoms with van der Waals surface area (Å²) < 4.78 is 10.7. The largest absolute Gasteiger partial charge is 0.481 e. The maximum absolute atomic E-state index is 12.0. The van der Waals surface area contributed by atoms with Gasteiger partial charge in [-0.25, -0.2) is 0 Å². The van der Waals surface area contributed by atoms with Crippen molar-refractivity contribution in [1.29, 1.82) is 0 Å². The summed E-state index contributed by atoms with van der Waals surface area (Å²) in [5, 5.41) is 2.82. The monoisotopic (exact) mass is 294 g/mol. The fourth-order valence-electron chi connectivity index (χ4n) is 1.93. The summed E-state index contributed by atoms with van der Waals surface area (Å²) in [6.07, 6.45) is 1.04. The molecule has 118 valence electrons. The van der Waals surface area contributed by atoms with Crippen molar-refractivity contribution in [3.63, 3.8) is 0 Å². The van der Waals surface area contributed by atoms with Crippen molar-refractivity contribution in [2.45, 2.75) is 38.8 Å². The van der Waals surface area contributed by atoms with Crippen LogP contribution in [0.5, 0.6) is 5.75 Å². The SMILES string of the molecule is CC[C@H](N)c1ccccc1OC(C)C(=O)NCCCOC. The molecular weight excluding hydrogens is 268 g/mol. The lowest BCUT2D eigenvalue weighted by molar-refractivity contribution is -0.127. The van der Waals surface area contributed by atoms with Gasteiger partial charge in [-0.2, -0.15) is 0 Å². The minimum atomic E-state index is -0.558. The first-order chi connectivity index (χ1) is 10.1. The Morgan fingerprint density at radius 3 is 2.76 bits per heavy atom. The first-order valence-electron chi connectivity index (χ1n) is 7.38. The Kier molecular flexibility index (Phi) is 7.79. The number of carbonyl (C=O) groups excluding carboxylic acids is 1. The van der Waals surface area contributed by atoms with Gasteiger partial charge in [0.15, 0.2) is 6.10 Å². The second-order valence-corrected chi connectivity index (χ2v) is 4.95. The molecule has 0 radical (unpaired) electrons. The number of para-hydroxylation sites is 1. The second-order valence-electron chi connectivity index (χ2n) is 4.95. The van der Waals surface area contributed by atoms with Gasteiger partial charge in [0.1, 0.15) is 5.75 Å². The normalized spacial score (nSPS) is 13.5. The number of amides is 1. The van der Waals surface area contributed by atoms with Crippen molar-refractivity contribution in [2.24, 2.45) is 5.73 Å². The van der Waals surface area contributed by atoms with E-state index in [0.29, 0.717) is 18.9 Å². The third-order valence-corrected chi connectivity index (χ3v) is 3.26. The van der Waals surface area contributed by atoms with E-state index < -0.39 is 6.10 Å². The van der Waals surface area contributed by atoms with Crippen LogP contribution in [0, 0.1) is 0 Å². The van der Waals surface area contributed by atoms with Crippen LogP contribution in [-0.2, 0) is 9.53 Å². The Morgan fingerprint density at radius 1 is 1.38 bits per heavy atom. The molecule has 1 unspecified atom stereocenters. The van der Waals surface area contributed by atoms with Gasteiger partial charge in [0.05, 0.1) is 0 Å². The zero-order valence-electron chi connectivity index (χ0n) is 13.1. The van der Waals surface area contributed by atoms with Crippen LogP contribution in [0.25, 0.3) is 0 Å². The number of ether oxygens (including phenoxy) is 2. The van der Waals surface area contributed by atoms with Crippen molar-refractivity contribution in [2.75, 3.05) is 20.3 Å². The molecule has 0 aromatic heterocycles. The van der Waals surface area contributed by atoms with E-state index in [-0.39, 0.29) is 11.9 Å². The zero-order chi connectivity index (χ0) is 15.7. The highest BCUT2D eigenvalue weighted by atomic mass is 16.5. The Morgan fingerprint density at radius 2 is 2.10 bits per heavy atom. The molecule has 2 atom stereocenters. The molecule has 0 aliphatic rings. The van der Waals surface area contributed by atoms with Crippen LogP contribution >= 0.6 is 0 Å². The molecule has 0 saturated carbocycles. The molecule has 0 aliphatic heterocycles. The Balaban J connectivity index is 2.58.